The first-order valence-electron chi connectivity index (χ1n) is 9.95. The molecule has 1 unspecified atom stereocenters. The molecule has 0 spiro atoms. The van der Waals surface area contributed by atoms with E-state index < -0.39 is 5.97 Å². The Labute approximate surface area is 169 Å². The van der Waals surface area contributed by atoms with Crippen LogP contribution in [0.15, 0.2) is 40.5 Å². The summed E-state index contributed by atoms with van der Waals surface area (Å²) < 4.78 is 0. The van der Waals surface area contributed by atoms with E-state index in [1.54, 1.807) is 24.2 Å². The van der Waals surface area contributed by atoms with Crippen LogP contribution in [0.5, 0.6) is 0 Å². The van der Waals surface area contributed by atoms with E-state index in [1.165, 1.54) is 10.5 Å². The number of benzene rings is 1. The van der Waals surface area contributed by atoms with Gasteiger partial charge in [0.2, 0.25) is 0 Å². The summed E-state index contributed by atoms with van der Waals surface area (Å²) >= 11 is 1.65. The second kappa shape index (κ2) is 8.49. The highest BCUT2D eigenvalue weighted by Gasteiger charge is 2.27. The predicted octanol–water partition coefficient (Wildman–Crippen LogP) is 4.40. The minimum Gasteiger partial charge on any atom is -0.481 e. The number of carbonyl (C=O) groups is 1. The molecule has 1 saturated heterocycles. The number of nitrogens with zero attached hydrogens (tertiary/aromatic N) is 3. The molecule has 6 nitrogen and oxygen atoms in total. The van der Waals surface area contributed by atoms with Gasteiger partial charge >= 0.3 is 5.97 Å². The van der Waals surface area contributed by atoms with E-state index >= 15 is 0 Å². The maximum atomic E-state index is 11.1. The highest BCUT2D eigenvalue weighted by atomic mass is 32.2. The van der Waals surface area contributed by atoms with Crippen LogP contribution < -0.4 is 5.32 Å². The summed E-state index contributed by atoms with van der Waals surface area (Å²) in [5.74, 6) is 1.00. The summed E-state index contributed by atoms with van der Waals surface area (Å²) in [4.78, 5) is 23.5. The molecule has 0 aliphatic carbocycles. The van der Waals surface area contributed by atoms with Crippen molar-refractivity contribution in [3.8, 4) is 0 Å². The molecule has 0 saturated carbocycles. The van der Waals surface area contributed by atoms with Gasteiger partial charge in [0, 0.05) is 30.3 Å². The summed E-state index contributed by atoms with van der Waals surface area (Å²) in [6.45, 7) is 5.11. The average molecular weight is 399 g/mol. The lowest BCUT2D eigenvalue weighted by Gasteiger charge is -2.35. The van der Waals surface area contributed by atoms with Gasteiger partial charge in [-0.2, -0.15) is 0 Å². The average Bonchev–Trinajstić information content (AvgIpc) is 2.71. The number of aromatic nitrogens is 2. The Kier molecular flexibility index (Phi) is 5.82. The van der Waals surface area contributed by atoms with Crippen molar-refractivity contribution in [2.75, 3.05) is 18.4 Å². The predicted molar refractivity (Wildman–Crippen MR) is 110 cm³/mol. The molecule has 0 amide bonds. The standard InChI is InChI=1S/C21H26N4O2S/c1-2-15(12-19(26)27)16-5-9-25(10-6-16)13-14-3-4-18-17(11-14)24-20-21(28-18)23-8-7-22-20/h3-4,7-8,11,15-16H,2,5-6,9-10,12-13H2,1H3,(H,22,24)(H,26,27). The molecule has 148 valence electrons. The number of carboxylic acid groups (broad SMARTS) is 1. The van der Waals surface area contributed by atoms with Crippen LogP contribution in [0.4, 0.5) is 11.5 Å². The third kappa shape index (κ3) is 4.31. The minimum atomic E-state index is -0.667. The van der Waals surface area contributed by atoms with Crippen molar-refractivity contribution in [2.45, 2.75) is 49.1 Å². The first kappa shape index (κ1) is 19.2. The molecule has 4 rings (SSSR count). The molecule has 1 aromatic heterocycles. The van der Waals surface area contributed by atoms with Crippen LogP contribution in [0.25, 0.3) is 0 Å². The van der Waals surface area contributed by atoms with Gasteiger partial charge in [-0.25, -0.2) is 9.97 Å². The number of hydrogen-bond acceptors (Lipinski definition) is 6. The van der Waals surface area contributed by atoms with Gasteiger partial charge in [0.25, 0.3) is 0 Å². The zero-order chi connectivity index (χ0) is 19.5. The number of likely N-dealkylation sites (tertiary alicyclic amines) is 1. The fourth-order valence-electron chi connectivity index (χ4n) is 4.29. The molecule has 7 heteroatoms. The summed E-state index contributed by atoms with van der Waals surface area (Å²) in [7, 11) is 0. The van der Waals surface area contributed by atoms with Gasteiger partial charge in [0.15, 0.2) is 5.82 Å². The van der Waals surface area contributed by atoms with Gasteiger partial charge in [0.1, 0.15) is 5.03 Å². The van der Waals surface area contributed by atoms with Crippen molar-refractivity contribution in [1.82, 2.24) is 14.9 Å². The summed E-state index contributed by atoms with van der Waals surface area (Å²) in [5.41, 5.74) is 2.38. The molecule has 2 aliphatic heterocycles. The highest BCUT2D eigenvalue weighted by molar-refractivity contribution is 7.99. The molecular formula is C21H26N4O2S. The third-order valence-corrected chi connectivity index (χ3v) is 6.90. The molecule has 3 heterocycles. The van der Waals surface area contributed by atoms with Crippen LogP contribution in [0.3, 0.4) is 0 Å². The Morgan fingerprint density at radius 1 is 1.32 bits per heavy atom. The number of hydrogen-bond donors (Lipinski definition) is 2. The number of rotatable bonds is 6. The molecule has 2 N–H and O–H groups in total. The highest BCUT2D eigenvalue weighted by Crippen LogP contribution is 2.42. The first-order chi connectivity index (χ1) is 13.6. The van der Waals surface area contributed by atoms with Gasteiger partial charge in [-0.05, 0) is 55.5 Å². The lowest BCUT2D eigenvalue weighted by Crippen LogP contribution is -2.36. The molecular weight excluding hydrogens is 372 g/mol. The smallest absolute Gasteiger partial charge is 0.303 e. The zero-order valence-corrected chi connectivity index (χ0v) is 16.9. The van der Waals surface area contributed by atoms with Gasteiger partial charge in [0.05, 0.1) is 5.69 Å². The first-order valence-corrected chi connectivity index (χ1v) is 10.8. The van der Waals surface area contributed by atoms with Crippen molar-refractivity contribution in [1.29, 1.82) is 0 Å². The lowest BCUT2D eigenvalue weighted by molar-refractivity contribution is -0.138. The number of aliphatic carboxylic acids is 1. The Balaban J connectivity index is 1.36. The van der Waals surface area contributed by atoms with Crippen molar-refractivity contribution >= 4 is 29.2 Å². The van der Waals surface area contributed by atoms with Crippen LogP contribution >= 0.6 is 11.8 Å². The van der Waals surface area contributed by atoms with Crippen molar-refractivity contribution in [3.63, 3.8) is 0 Å². The van der Waals surface area contributed by atoms with Crippen molar-refractivity contribution in [3.05, 3.63) is 36.2 Å². The SMILES string of the molecule is CCC(CC(=O)O)C1CCN(Cc2ccc3c(c2)Nc2nccnc2S3)CC1. The van der Waals surface area contributed by atoms with E-state index in [0.717, 1.165) is 55.4 Å². The fourth-order valence-corrected chi connectivity index (χ4v) is 5.17. The van der Waals surface area contributed by atoms with Crippen molar-refractivity contribution < 1.29 is 9.90 Å². The van der Waals surface area contributed by atoms with E-state index in [1.807, 2.05) is 0 Å². The van der Waals surface area contributed by atoms with Crippen LogP contribution in [0.1, 0.15) is 38.2 Å². The largest absolute Gasteiger partial charge is 0.481 e. The van der Waals surface area contributed by atoms with Crippen LogP contribution in [-0.2, 0) is 11.3 Å². The summed E-state index contributed by atoms with van der Waals surface area (Å²) in [6, 6.07) is 6.57. The summed E-state index contributed by atoms with van der Waals surface area (Å²) in [5, 5.41) is 13.4. The van der Waals surface area contributed by atoms with Crippen molar-refractivity contribution in [2.24, 2.45) is 11.8 Å². The van der Waals surface area contributed by atoms with E-state index in [-0.39, 0.29) is 0 Å². The van der Waals surface area contributed by atoms with E-state index in [9.17, 15) is 4.79 Å². The van der Waals surface area contributed by atoms with Gasteiger partial charge in [-0.15, -0.1) is 0 Å². The number of anilines is 2. The van der Waals surface area contributed by atoms with Gasteiger partial charge in [-0.3, -0.25) is 9.69 Å². The quantitative estimate of drug-likeness (QED) is 0.637. The summed E-state index contributed by atoms with van der Waals surface area (Å²) in [6.07, 6.45) is 6.87. The fraction of sp³-hybridized carbons (Fsp3) is 0.476. The van der Waals surface area contributed by atoms with Gasteiger partial charge < -0.3 is 10.4 Å². The molecule has 0 radical (unpaired) electrons. The topological polar surface area (TPSA) is 78.4 Å². The number of nitrogens with one attached hydrogen (secondary N) is 1. The van der Waals surface area contributed by atoms with E-state index in [0.29, 0.717) is 18.3 Å². The Morgan fingerprint density at radius 2 is 2.11 bits per heavy atom. The Hall–Kier alpha value is -2.12. The van der Waals surface area contributed by atoms with Crippen LogP contribution in [-0.4, -0.2) is 39.0 Å². The number of fused-ring (bicyclic) bond motifs is 2. The molecule has 28 heavy (non-hydrogen) atoms. The van der Waals surface area contributed by atoms with E-state index in [2.05, 4.69) is 45.3 Å². The monoisotopic (exact) mass is 398 g/mol. The second-order valence-electron chi connectivity index (χ2n) is 7.65. The van der Waals surface area contributed by atoms with Gasteiger partial charge in [-0.1, -0.05) is 31.2 Å². The number of carboxylic acids is 1. The second-order valence-corrected chi connectivity index (χ2v) is 8.68. The van der Waals surface area contributed by atoms with Crippen LogP contribution in [0, 0.1) is 11.8 Å². The molecule has 0 bridgehead atoms. The molecule has 1 fully saturated rings. The Bertz CT molecular complexity index is 852. The lowest BCUT2D eigenvalue weighted by atomic mass is 9.81. The Morgan fingerprint density at radius 3 is 2.86 bits per heavy atom. The molecule has 2 aromatic rings. The molecule has 1 atom stereocenters. The number of piperidine rings is 1. The normalized spacial score (nSPS) is 18.0. The maximum absolute atomic E-state index is 11.1. The minimum absolute atomic E-state index is 0.305. The molecule has 2 aliphatic rings. The van der Waals surface area contributed by atoms with Crippen LogP contribution in [0.2, 0.25) is 0 Å². The molecule has 1 aromatic carbocycles. The zero-order valence-electron chi connectivity index (χ0n) is 16.1. The maximum Gasteiger partial charge on any atom is 0.303 e. The van der Waals surface area contributed by atoms with E-state index in [4.69, 9.17) is 5.11 Å². The third-order valence-electron chi connectivity index (χ3n) is 5.83.